The van der Waals surface area contributed by atoms with Crippen LogP contribution in [0.5, 0.6) is 0 Å². The minimum atomic E-state index is 0.989. The van der Waals surface area contributed by atoms with Crippen molar-refractivity contribution in [1.82, 2.24) is 4.90 Å². The highest BCUT2D eigenvalue weighted by molar-refractivity contribution is 14.1. The van der Waals surface area contributed by atoms with Gasteiger partial charge in [0.05, 0.1) is 6.67 Å². The zero-order valence-electron chi connectivity index (χ0n) is 11.0. The van der Waals surface area contributed by atoms with Crippen LogP contribution in [-0.4, -0.2) is 18.6 Å². The van der Waals surface area contributed by atoms with Gasteiger partial charge in [-0.15, -0.1) is 0 Å². The third-order valence-corrected chi connectivity index (χ3v) is 4.18. The topological polar surface area (TPSA) is 6.48 Å². The molecule has 98 valence electrons. The van der Waals surface area contributed by atoms with E-state index in [0.717, 1.165) is 19.8 Å². The predicted octanol–water partition coefficient (Wildman–Crippen LogP) is 3.70. The highest BCUT2D eigenvalue weighted by Gasteiger charge is 2.19. The van der Waals surface area contributed by atoms with Crippen LogP contribution in [0, 0.1) is 3.57 Å². The van der Waals surface area contributed by atoms with E-state index in [0.29, 0.717) is 0 Å². The highest BCUT2D eigenvalue weighted by Crippen LogP contribution is 2.28. The van der Waals surface area contributed by atoms with E-state index in [1.54, 1.807) is 0 Å². The number of nitrogens with zero attached hydrogens (tertiary/aromatic N) is 2. The van der Waals surface area contributed by atoms with Gasteiger partial charge >= 0.3 is 0 Å². The van der Waals surface area contributed by atoms with Crippen LogP contribution in [0.4, 0.5) is 5.69 Å². The van der Waals surface area contributed by atoms with Gasteiger partial charge in [-0.1, -0.05) is 30.3 Å². The van der Waals surface area contributed by atoms with Crippen LogP contribution in [0.25, 0.3) is 0 Å². The monoisotopic (exact) mass is 364 g/mol. The predicted molar refractivity (Wildman–Crippen MR) is 88.1 cm³/mol. The van der Waals surface area contributed by atoms with Crippen molar-refractivity contribution in [1.29, 1.82) is 0 Å². The van der Waals surface area contributed by atoms with E-state index in [-0.39, 0.29) is 0 Å². The van der Waals surface area contributed by atoms with Crippen molar-refractivity contribution >= 4 is 28.3 Å². The van der Waals surface area contributed by atoms with Crippen LogP contribution in [0.1, 0.15) is 11.1 Å². The Balaban J connectivity index is 1.81. The molecule has 0 saturated heterocycles. The van der Waals surface area contributed by atoms with Crippen molar-refractivity contribution in [2.75, 3.05) is 18.6 Å². The molecule has 0 N–H and O–H groups in total. The number of halogens is 1. The molecule has 2 nitrogen and oxygen atoms in total. The zero-order chi connectivity index (χ0) is 13.2. The summed E-state index contributed by atoms with van der Waals surface area (Å²) in [7, 11) is 2.17. The summed E-state index contributed by atoms with van der Waals surface area (Å²) in [6.45, 7) is 3.03. The van der Waals surface area contributed by atoms with Gasteiger partial charge in [0.2, 0.25) is 0 Å². The average molecular weight is 364 g/mol. The number of hydrogen-bond donors (Lipinski definition) is 0. The maximum absolute atomic E-state index is 2.48. The Morgan fingerprint density at radius 2 is 1.89 bits per heavy atom. The molecule has 3 heteroatoms. The molecular weight excluding hydrogens is 347 g/mol. The molecule has 0 spiro atoms. The van der Waals surface area contributed by atoms with E-state index >= 15 is 0 Å². The standard InChI is InChI=1S/C16H17IN2/c1-18-12-19(10-13-5-3-2-4-6-13)11-14-9-15(17)7-8-16(14)18/h2-9H,10-12H2,1H3. The molecule has 0 atom stereocenters. The first-order valence-electron chi connectivity index (χ1n) is 6.48. The molecule has 0 bridgehead atoms. The first kappa shape index (κ1) is 12.9. The summed E-state index contributed by atoms with van der Waals surface area (Å²) < 4.78 is 1.31. The Morgan fingerprint density at radius 1 is 1.11 bits per heavy atom. The van der Waals surface area contributed by atoms with Gasteiger partial charge < -0.3 is 4.90 Å². The molecule has 2 aromatic rings. The third kappa shape index (κ3) is 2.92. The Kier molecular flexibility index (Phi) is 3.75. The van der Waals surface area contributed by atoms with E-state index in [4.69, 9.17) is 0 Å². The summed E-state index contributed by atoms with van der Waals surface area (Å²) in [5.41, 5.74) is 4.17. The van der Waals surface area contributed by atoms with E-state index in [1.807, 2.05) is 0 Å². The van der Waals surface area contributed by atoms with E-state index in [9.17, 15) is 0 Å². The number of hydrogen-bond acceptors (Lipinski definition) is 2. The Hall–Kier alpha value is -1.07. The fourth-order valence-electron chi connectivity index (χ4n) is 2.67. The first-order valence-corrected chi connectivity index (χ1v) is 7.56. The minimum absolute atomic E-state index is 0.989. The van der Waals surface area contributed by atoms with Crippen molar-refractivity contribution < 1.29 is 0 Å². The summed E-state index contributed by atoms with van der Waals surface area (Å²) in [6.07, 6.45) is 0. The quantitative estimate of drug-likeness (QED) is 0.750. The molecule has 0 aromatic heterocycles. The SMILES string of the molecule is CN1CN(Cc2ccccc2)Cc2cc(I)ccc21. The van der Waals surface area contributed by atoms with Crippen LogP contribution >= 0.6 is 22.6 Å². The van der Waals surface area contributed by atoms with Crippen molar-refractivity contribution in [2.24, 2.45) is 0 Å². The van der Waals surface area contributed by atoms with Crippen LogP contribution in [0.3, 0.4) is 0 Å². The molecule has 0 fully saturated rings. The largest absolute Gasteiger partial charge is 0.361 e. The van der Waals surface area contributed by atoms with Crippen LogP contribution in [0.2, 0.25) is 0 Å². The lowest BCUT2D eigenvalue weighted by molar-refractivity contribution is 0.248. The van der Waals surface area contributed by atoms with Gasteiger partial charge in [-0.2, -0.15) is 0 Å². The molecule has 1 heterocycles. The minimum Gasteiger partial charge on any atom is -0.361 e. The summed E-state index contributed by atoms with van der Waals surface area (Å²) in [6, 6.07) is 17.4. The molecule has 0 aliphatic carbocycles. The molecule has 2 aromatic carbocycles. The highest BCUT2D eigenvalue weighted by atomic mass is 127. The molecule has 1 aliphatic heterocycles. The summed E-state index contributed by atoms with van der Waals surface area (Å²) >= 11 is 2.39. The molecular formula is C16H17IN2. The van der Waals surface area contributed by atoms with Gasteiger partial charge in [0.25, 0.3) is 0 Å². The maximum atomic E-state index is 2.48. The lowest BCUT2D eigenvalue weighted by Gasteiger charge is -2.36. The van der Waals surface area contributed by atoms with Crippen LogP contribution < -0.4 is 4.90 Å². The molecule has 0 radical (unpaired) electrons. The molecule has 1 aliphatic rings. The van der Waals surface area contributed by atoms with Gasteiger partial charge in [0.1, 0.15) is 0 Å². The lowest BCUT2D eigenvalue weighted by atomic mass is 10.1. The average Bonchev–Trinajstić information content (AvgIpc) is 2.39. The molecule has 0 unspecified atom stereocenters. The van der Waals surface area contributed by atoms with Gasteiger partial charge in [0.15, 0.2) is 0 Å². The van der Waals surface area contributed by atoms with Gasteiger partial charge in [-0.3, -0.25) is 4.90 Å². The van der Waals surface area contributed by atoms with Crippen molar-refractivity contribution in [2.45, 2.75) is 13.1 Å². The first-order chi connectivity index (χ1) is 9.22. The molecule has 19 heavy (non-hydrogen) atoms. The van der Waals surface area contributed by atoms with E-state index < -0.39 is 0 Å². The van der Waals surface area contributed by atoms with Crippen LogP contribution in [-0.2, 0) is 13.1 Å². The van der Waals surface area contributed by atoms with Crippen molar-refractivity contribution in [3.63, 3.8) is 0 Å². The van der Waals surface area contributed by atoms with Crippen LogP contribution in [0.15, 0.2) is 48.5 Å². The maximum Gasteiger partial charge on any atom is 0.0709 e. The number of anilines is 1. The Labute approximate surface area is 128 Å². The summed E-state index contributed by atoms with van der Waals surface area (Å²) in [5, 5.41) is 0. The van der Waals surface area contributed by atoms with E-state index in [2.05, 4.69) is 88.0 Å². The number of fused-ring (bicyclic) bond motifs is 1. The second kappa shape index (κ2) is 5.51. The van der Waals surface area contributed by atoms with E-state index in [1.165, 1.54) is 20.4 Å². The Morgan fingerprint density at radius 3 is 2.68 bits per heavy atom. The molecule has 0 amide bonds. The van der Waals surface area contributed by atoms with Gasteiger partial charge in [-0.05, 0) is 51.9 Å². The molecule has 0 saturated carbocycles. The fourth-order valence-corrected chi connectivity index (χ4v) is 3.22. The van der Waals surface area contributed by atoms with Crippen molar-refractivity contribution in [3.8, 4) is 0 Å². The fraction of sp³-hybridized carbons (Fsp3) is 0.250. The second-order valence-corrected chi connectivity index (χ2v) is 6.33. The zero-order valence-corrected chi connectivity index (χ0v) is 13.2. The summed E-state index contributed by atoms with van der Waals surface area (Å²) in [4.78, 5) is 4.81. The van der Waals surface area contributed by atoms with Crippen molar-refractivity contribution in [3.05, 3.63) is 63.2 Å². The Bertz CT molecular complexity index is 568. The second-order valence-electron chi connectivity index (χ2n) is 5.09. The van der Waals surface area contributed by atoms with Gasteiger partial charge in [0, 0.05) is 29.4 Å². The van der Waals surface area contributed by atoms with Gasteiger partial charge in [-0.25, -0.2) is 0 Å². The smallest absolute Gasteiger partial charge is 0.0709 e. The normalized spacial score (nSPS) is 15.4. The number of rotatable bonds is 2. The summed E-state index contributed by atoms with van der Waals surface area (Å²) in [5.74, 6) is 0. The lowest BCUT2D eigenvalue weighted by Crippen LogP contribution is -2.39. The molecule has 3 rings (SSSR count). The third-order valence-electron chi connectivity index (χ3n) is 3.51. The number of benzene rings is 2.